The van der Waals surface area contributed by atoms with Crippen LogP contribution >= 0.6 is 11.3 Å². The maximum Gasteiger partial charge on any atom is 0.309 e. The first-order valence-corrected chi connectivity index (χ1v) is 3.91. The van der Waals surface area contributed by atoms with Gasteiger partial charge in [-0.25, -0.2) is 5.84 Å². The van der Waals surface area contributed by atoms with Crippen LogP contribution in [0.5, 0.6) is 5.88 Å². The zero-order valence-corrected chi connectivity index (χ0v) is 6.81. The summed E-state index contributed by atoms with van der Waals surface area (Å²) in [4.78, 5) is 12.6. The molecule has 6 heteroatoms. The molecule has 0 aromatic carbocycles. The van der Waals surface area contributed by atoms with Crippen molar-refractivity contribution < 1.29 is 5.11 Å². The van der Waals surface area contributed by atoms with Gasteiger partial charge in [0.1, 0.15) is 0 Å². The van der Waals surface area contributed by atoms with Gasteiger partial charge >= 0.3 is 4.87 Å². The van der Waals surface area contributed by atoms with Crippen LogP contribution in [0.15, 0.2) is 4.79 Å². The van der Waals surface area contributed by atoms with E-state index >= 15 is 0 Å². The first-order valence-electron chi connectivity index (χ1n) is 3.09. The average Bonchev–Trinajstić information content (AvgIpc) is 2.28. The minimum absolute atomic E-state index is 0.163. The van der Waals surface area contributed by atoms with Crippen LogP contribution in [0.4, 0.5) is 5.00 Å². The standard InChI is InChI=1S/C5H9N3O2S/c1-2-8(6)4-3(9)7-5(10)11-4/h9H,2,6H2,1H3,(H,7,10). The van der Waals surface area contributed by atoms with Crippen LogP contribution in [-0.2, 0) is 0 Å². The number of aromatic amines is 1. The third-order valence-corrected chi connectivity index (χ3v) is 2.12. The summed E-state index contributed by atoms with van der Waals surface area (Å²) in [5.74, 6) is 5.27. The topological polar surface area (TPSA) is 82.3 Å². The molecule has 0 radical (unpaired) electrons. The lowest BCUT2D eigenvalue weighted by Gasteiger charge is -2.11. The number of thiazole rings is 1. The summed E-state index contributed by atoms with van der Waals surface area (Å²) >= 11 is 0.887. The summed E-state index contributed by atoms with van der Waals surface area (Å²) in [6.45, 7) is 2.37. The Labute approximate surface area is 67.0 Å². The number of nitrogens with two attached hydrogens (primary N) is 1. The van der Waals surface area contributed by atoms with Crippen LogP contribution in [0.1, 0.15) is 6.92 Å². The number of nitrogens with one attached hydrogen (secondary N) is 1. The summed E-state index contributed by atoms with van der Waals surface area (Å²) in [5.41, 5.74) is 0. The number of hydrazine groups is 1. The fraction of sp³-hybridized carbons (Fsp3) is 0.400. The van der Waals surface area contributed by atoms with E-state index in [-0.39, 0.29) is 10.8 Å². The number of nitrogens with zero attached hydrogens (tertiary/aromatic N) is 1. The lowest BCUT2D eigenvalue weighted by molar-refractivity contribution is 0.455. The highest BCUT2D eigenvalue weighted by Crippen LogP contribution is 2.24. The van der Waals surface area contributed by atoms with Crippen molar-refractivity contribution in [1.82, 2.24) is 4.98 Å². The minimum Gasteiger partial charge on any atom is -0.492 e. The molecule has 1 aromatic heterocycles. The molecule has 0 aliphatic carbocycles. The first kappa shape index (κ1) is 8.09. The van der Waals surface area contributed by atoms with Crippen molar-refractivity contribution in [2.45, 2.75) is 6.92 Å². The smallest absolute Gasteiger partial charge is 0.309 e. The molecule has 62 valence electrons. The molecule has 0 unspecified atom stereocenters. The van der Waals surface area contributed by atoms with Crippen molar-refractivity contribution in [1.29, 1.82) is 0 Å². The largest absolute Gasteiger partial charge is 0.492 e. The zero-order valence-electron chi connectivity index (χ0n) is 6.00. The Kier molecular flexibility index (Phi) is 2.16. The van der Waals surface area contributed by atoms with Gasteiger partial charge in [-0.05, 0) is 6.92 Å². The van der Waals surface area contributed by atoms with E-state index in [4.69, 9.17) is 10.9 Å². The Morgan fingerprint density at radius 1 is 1.82 bits per heavy atom. The predicted octanol–water partition coefficient (Wildman–Crippen LogP) is -0.158. The van der Waals surface area contributed by atoms with Gasteiger partial charge in [0.2, 0.25) is 5.88 Å². The van der Waals surface area contributed by atoms with Gasteiger partial charge in [-0.2, -0.15) is 0 Å². The lowest BCUT2D eigenvalue weighted by atomic mass is 10.6. The van der Waals surface area contributed by atoms with E-state index in [1.165, 1.54) is 5.01 Å². The molecule has 5 nitrogen and oxygen atoms in total. The maximum atomic E-state index is 10.7. The molecule has 0 atom stereocenters. The SMILES string of the molecule is CCN(N)c1sc(=O)[nH]c1O. The van der Waals surface area contributed by atoms with Crippen molar-refractivity contribution in [2.24, 2.45) is 5.84 Å². The molecule has 0 spiro atoms. The van der Waals surface area contributed by atoms with Crippen molar-refractivity contribution >= 4 is 16.3 Å². The Morgan fingerprint density at radius 2 is 2.45 bits per heavy atom. The predicted molar refractivity (Wildman–Crippen MR) is 43.8 cm³/mol. The van der Waals surface area contributed by atoms with Crippen molar-refractivity contribution in [3.05, 3.63) is 9.67 Å². The molecule has 1 aromatic rings. The van der Waals surface area contributed by atoms with Crippen LogP contribution in [0.2, 0.25) is 0 Å². The maximum absolute atomic E-state index is 10.7. The Balaban J connectivity index is 3.02. The summed E-state index contributed by atoms with van der Waals surface area (Å²) in [7, 11) is 0. The van der Waals surface area contributed by atoms with Crippen LogP contribution in [0.3, 0.4) is 0 Å². The molecule has 0 saturated carbocycles. The molecule has 0 aliphatic heterocycles. The second-order valence-electron chi connectivity index (χ2n) is 1.95. The number of H-pyrrole nitrogens is 1. The molecule has 0 aliphatic rings. The van der Waals surface area contributed by atoms with E-state index in [9.17, 15) is 4.79 Å². The molecule has 1 heterocycles. The molecular weight excluding hydrogens is 166 g/mol. The zero-order chi connectivity index (χ0) is 8.43. The number of hydrogen-bond donors (Lipinski definition) is 3. The third kappa shape index (κ3) is 1.52. The number of hydrogen-bond acceptors (Lipinski definition) is 5. The summed E-state index contributed by atoms with van der Waals surface area (Å²) < 4.78 is 0. The Bertz CT molecular complexity index is 292. The molecule has 0 amide bonds. The fourth-order valence-corrected chi connectivity index (χ4v) is 1.37. The number of anilines is 1. The van der Waals surface area contributed by atoms with Gasteiger partial charge < -0.3 is 5.11 Å². The van der Waals surface area contributed by atoms with Gasteiger partial charge in [-0.15, -0.1) is 0 Å². The van der Waals surface area contributed by atoms with Gasteiger partial charge in [0, 0.05) is 6.54 Å². The van der Waals surface area contributed by atoms with Gasteiger partial charge in [-0.3, -0.25) is 14.8 Å². The van der Waals surface area contributed by atoms with E-state index in [1.807, 2.05) is 6.92 Å². The molecule has 0 saturated heterocycles. The minimum atomic E-state index is -0.304. The lowest BCUT2D eigenvalue weighted by Crippen LogP contribution is -2.29. The van der Waals surface area contributed by atoms with E-state index in [2.05, 4.69) is 4.98 Å². The molecule has 11 heavy (non-hydrogen) atoms. The van der Waals surface area contributed by atoms with E-state index in [1.54, 1.807) is 0 Å². The van der Waals surface area contributed by atoms with Gasteiger partial charge in [0.05, 0.1) is 0 Å². The summed E-state index contributed by atoms with van der Waals surface area (Å²) in [5, 5.41) is 10.7. The van der Waals surface area contributed by atoms with Crippen LogP contribution in [0.25, 0.3) is 0 Å². The van der Waals surface area contributed by atoms with Crippen LogP contribution < -0.4 is 15.7 Å². The van der Waals surface area contributed by atoms with Crippen molar-refractivity contribution in [3.63, 3.8) is 0 Å². The second kappa shape index (κ2) is 2.93. The van der Waals surface area contributed by atoms with Crippen LogP contribution in [-0.4, -0.2) is 16.6 Å². The molecule has 0 fully saturated rings. The molecule has 1 rings (SSSR count). The highest BCUT2D eigenvalue weighted by molar-refractivity contribution is 7.13. The Hall–Kier alpha value is -1.01. The number of aromatic hydroxyl groups is 1. The third-order valence-electron chi connectivity index (χ3n) is 1.21. The van der Waals surface area contributed by atoms with E-state index < -0.39 is 0 Å². The monoisotopic (exact) mass is 175 g/mol. The van der Waals surface area contributed by atoms with Crippen LogP contribution in [0, 0.1) is 0 Å². The quantitative estimate of drug-likeness (QED) is 0.431. The number of rotatable bonds is 2. The first-order chi connectivity index (χ1) is 5.15. The Morgan fingerprint density at radius 3 is 2.82 bits per heavy atom. The fourth-order valence-electron chi connectivity index (χ4n) is 0.650. The van der Waals surface area contributed by atoms with E-state index in [0.717, 1.165) is 11.3 Å². The summed E-state index contributed by atoms with van der Waals surface area (Å²) in [6.07, 6.45) is 0. The summed E-state index contributed by atoms with van der Waals surface area (Å²) in [6, 6.07) is 0. The second-order valence-corrected chi connectivity index (χ2v) is 2.92. The highest BCUT2D eigenvalue weighted by atomic mass is 32.1. The van der Waals surface area contributed by atoms with Gasteiger partial charge in [-0.1, -0.05) is 11.3 Å². The van der Waals surface area contributed by atoms with Crippen molar-refractivity contribution in [2.75, 3.05) is 11.6 Å². The number of aromatic nitrogens is 1. The van der Waals surface area contributed by atoms with Crippen molar-refractivity contribution in [3.8, 4) is 5.88 Å². The molecule has 4 N–H and O–H groups in total. The molecule has 0 bridgehead atoms. The molecular formula is C5H9N3O2S. The normalized spacial score (nSPS) is 10.0. The van der Waals surface area contributed by atoms with Gasteiger partial charge in [0.15, 0.2) is 5.00 Å². The average molecular weight is 175 g/mol. The van der Waals surface area contributed by atoms with Gasteiger partial charge in [0.25, 0.3) is 0 Å². The highest BCUT2D eigenvalue weighted by Gasteiger charge is 2.09. The van der Waals surface area contributed by atoms with E-state index in [0.29, 0.717) is 11.5 Å².